The molecule has 0 aliphatic rings. The number of anilines is 1. The highest BCUT2D eigenvalue weighted by molar-refractivity contribution is 5.79. The number of primary amides is 1. The van der Waals surface area contributed by atoms with Crippen LogP contribution < -0.4 is 10.6 Å². The zero-order valence-electron chi connectivity index (χ0n) is 11.7. The molecular formula is C13H17N5O3. The van der Waals surface area contributed by atoms with E-state index in [0.29, 0.717) is 18.6 Å². The van der Waals surface area contributed by atoms with Crippen molar-refractivity contribution in [2.45, 2.75) is 19.4 Å². The van der Waals surface area contributed by atoms with Crippen LogP contribution in [0.1, 0.15) is 12.8 Å². The highest BCUT2D eigenvalue weighted by Crippen LogP contribution is 2.20. The lowest BCUT2D eigenvalue weighted by atomic mass is 10.2. The molecule has 0 saturated carbocycles. The molecule has 0 spiro atoms. The first-order valence-corrected chi connectivity index (χ1v) is 6.52. The monoisotopic (exact) mass is 291 g/mol. The minimum absolute atomic E-state index is 0.0693. The summed E-state index contributed by atoms with van der Waals surface area (Å²) >= 11 is 0. The molecule has 0 aliphatic carbocycles. The van der Waals surface area contributed by atoms with Crippen LogP contribution in [0, 0.1) is 0 Å². The zero-order valence-corrected chi connectivity index (χ0v) is 11.7. The maximum Gasteiger partial charge on any atom is 0.305 e. The van der Waals surface area contributed by atoms with Gasteiger partial charge in [-0.05, 0) is 18.2 Å². The number of rotatable bonds is 7. The first-order chi connectivity index (χ1) is 9.97. The number of benzene rings is 1. The van der Waals surface area contributed by atoms with Gasteiger partial charge in [-0.15, -0.1) is 5.10 Å². The van der Waals surface area contributed by atoms with Gasteiger partial charge in [0.2, 0.25) is 5.91 Å². The van der Waals surface area contributed by atoms with E-state index >= 15 is 0 Å². The Kier molecular flexibility index (Phi) is 4.36. The summed E-state index contributed by atoms with van der Waals surface area (Å²) < 4.78 is 1.63. The van der Waals surface area contributed by atoms with Crippen LogP contribution >= 0.6 is 0 Å². The quantitative estimate of drug-likeness (QED) is 0.754. The predicted octanol–water partition coefficient (Wildman–Crippen LogP) is 0.218. The third-order valence-corrected chi connectivity index (χ3v) is 3.17. The Morgan fingerprint density at radius 3 is 2.81 bits per heavy atom. The van der Waals surface area contributed by atoms with Crippen LogP contribution in [0.3, 0.4) is 0 Å². The SMILES string of the molecule is CN(CCC(=O)O)c1ccc2c(c1)nnn2CCC(N)=O. The first kappa shape index (κ1) is 14.8. The molecule has 0 radical (unpaired) electrons. The standard InChI is InChI=1S/C13H17N5O3/c1-17(6-5-13(20)21)9-2-3-11-10(8-9)15-16-18(11)7-4-12(14)19/h2-3,8H,4-7H2,1H3,(H2,14,19)(H,20,21). The van der Waals surface area contributed by atoms with Crippen molar-refractivity contribution in [2.24, 2.45) is 5.73 Å². The van der Waals surface area contributed by atoms with Gasteiger partial charge in [0.1, 0.15) is 5.52 Å². The van der Waals surface area contributed by atoms with E-state index < -0.39 is 5.97 Å². The molecule has 0 unspecified atom stereocenters. The van der Waals surface area contributed by atoms with E-state index in [4.69, 9.17) is 10.8 Å². The molecule has 1 aromatic carbocycles. The average molecular weight is 291 g/mol. The summed E-state index contributed by atoms with van der Waals surface area (Å²) in [6, 6.07) is 5.56. The van der Waals surface area contributed by atoms with Crippen LogP contribution in [0.4, 0.5) is 5.69 Å². The van der Waals surface area contributed by atoms with Crippen LogP contribution in [0.25, 0.3) is 11.0 Å². The van der Waals surface area contributed by atoms with Gasteiger partial charge in [0.15, 0.2) is 0 Å². The molecule has 0 atom stereocenters. The summed E-state index contributed by atoms with van der Waals surface area (Å²) in [4.78, 5) is 23.2. The predicted molar refractivity (Wildman–Crippen MR) is 76.9 cm³/mol. The minimum atomic E-state index is -0.833. The van der Waals surface area contributed by atoms with Crippen LogP contribution in [-0.4, -0.2) is 45.6 Å². The number of carboxylic acid groups (broad SMARTS) is 1. The summed E-state index contributed by atoms with van der Waals surface area (Å²) in [7, 11) is 1.82. The van der Waals surface area contributed by atoms with Gasteiger partial charge in [0.05, 0.1) is 18.5 Å². The van der Waals surface area contributed by atoms with E-state index in [9.17, 15) is 9.59 Å². The summed E-state index contributed by atoms with van der Waals surface area (Å²) in [5, 5.41) is 16.7. The molecule has 21 heavy (non-hydrogen) atoms. The lowest BCUT2D eigenvalue weighted by Crippen LogP contribution is -2.20. The highest BCUT2D eigenvalue weighted by atomic mass is 16.4. The number of aliphatic carboxylic acids is 1. The molecule has 0 aliphatic heterocycles. The molecule has 3 N–H and O–H groups in total. The number of hydrogen-bond donors (Lipinski definition) is 2. The number of carbonyl (C=O) groups excluding carboxylic acids is 1. The Balaban J connectivity index is 2.15. The van der Waals surface area contributed by atoms with Gasteiger partial charge in [0, 0.05) is 25.7 Å². The minimum Gasteiger partial charge on any atom is -0.481 e. The normalized spacial score (nSPS) is 10.7. The van der Waals surface area contributed by atoms with Crippen molar-refractivity contribution in [1.82, 2.24) is 15.0 Å². The van der Waals surface area contributed by atoms with Gasteiger partial charge in [-0.3, -0.25) is 9.59 Å². The molecule has 1 amide bonds. The largest absolute Gasteiger partial charge is 0.481 e. The van der Waals surface area contributed by atoms with E-state index in [1.165, 1.54) is 0 Å². The smallest absolute Gasteiger partial charge is 0.305 e. The van der Waals surface area contributed by atoms with E-state index in [1.807, 2.05) is 30.1 Å². The molecule has 1 aromatic heterocycles. The number of fused-ring (bicyclic) bond motifs is 1. The molecule has 2 aromatic rings. The van der Waals surface area contributed by atoms with Gasteiger partial charge in [-0.1, -0.05) is 5.21 Å². The van der Waals surface area contributed by atoms with E-state index in [1.54, 1.807) is 4.68 Å². The third-order valence-electron chi connectivity index (χ3n) is 3.17. The van der Waals surface area contributed by atoms with Gasteiger partial charge in [0.25, 0.3) is 0 Å². The molecule has 2 rings (SSSR count). The Morgan fingerprint density at radius 1 is 1.38 bits per heavy atom. The number of nitrogens with zero attached hydrogens (tertiary/aromatic N) is 4. The maximum absolute atomic E-state index is 10.8. The van der Waals surface area contributed by atoms with Crippen LogP contribution in [0.2, 0.25) is 0 Å². The van der Waals surface area contributed by atoms with Crippen molar-refractivity contribution >= 4 is 28.6 Å². The Hall–Kier alpha value is -2.64. The molecule has 0 saturated heterocycles. The second kappa shape index (κ2) is 6.21. The Labute approximate surface area is 121 Å². The van der Waals surface area contributed by atoms with Gasteiger partial charge >= 0.3 is 5.97 Å². The fraction of sp³-hybridized carbons (Fsp3) is 0.385. The molecule has 8 nitrogen and oxygen atoms in total. The van der Waals surface area contributed by atoms with Crippen molar-refractivity contribution < 1.29 is 14.7 Å². The summed E-state index contributed by atoms with van der Waals surface area (Å²) in [6.45, 7) is 0.802. The number of amides is 1. The van der Waals surface area contributed by atoms with Crippen molar-refractivity contribution in [3.8, 4) is 0 Å². The summed E-state index contributed by atoms with van der Waals surface area (Å²) in [6.07, 6.45) is 0.276. The van der Waals surface area contributed by atoms with Crippen molar-refractivity contribution in [2.75, 3.05) is 18.5 Å². The van der Waals surface area contributed by atoms with E-state index in [0.717, 1.165) is 11.2 Å². The summed E-state index contributed by atoms with van der Waals surface area (Å²) in [5.74, 6) is -1.22. The molecule has 112 valence electrons. The lowest BCUT2D eigenvalue weighted by molar-refractivity contribution is -0.136. The number of hydrogen-bond acceptors (Lipinski definition) is 5. The zero-order chi connectivity index (χ0) is 15.4. The number of carboxylic acids is 1. The van der Waals surface area contributed by atoms with Crippen LogP contribution in [-0.2, 0) is 16.1 Å². The third kappa shape index (κ3) is 3.68. The van der Waals surface area contributed by atoms with E-state index in [-0.39, 0.29) is 18.7 Å². The van der Waals surface area contributed by atoms with Gasteiger partial charge in [-0.2, -0.15) is 0 Å². The van der Waals surface area contributed by atoms with Crippen molar-refractivity contribution in [1.29, 1.82) is 0 Å². The second-order valence-corrected chi connectivity index (χ2v) is 4.77. The van der Waals surface area contributed by atoms with Gasteiger partial charge < -0.3 is 15.7 Å². The molecular weight excluding hydrogens is 274 g/mol. The number of carbonyl (C=O) groups is 2. The first-order valence-electron chi connectivity index (χ1n) is 6.52. The molecule has 1 heterocycles. The summed E-state index contributed by atoms with van der Waals surface area (Å²) in [5.41, 5.74) is 7.49. The Bertz CT molecular complexity index is 667. The molecule has 0 bridgehead atoms. The second-order valence-electron chi connectivity index (χ2n) is 4.77. The number of aryl methyl sites for hydroxylation is 1. The lowest BCUT2D eigenvalue weighted by Gasteiger charge is -2.18. The van der Waals surface area contributed by atoms with E-state index in [2.05, 4.69) is 10.3 Å². The fourth-order valence-corrected chi connectivity index (χ4v) is 1.97. The van der Waals surface area contributed by atoms with Crippen molar-refractivity contribution in [3.63, 3.8) is 0 Å². The highest BCUT2D eigenvalue weighted by Gasteiger charge is 2.09. The van der Waals surface area contributed by atoms with Crippen LogP contribution in [0.15, 0.2) is 18.2 Å². The average Bonchev–Trinajstić information content (AvgIpc) is 2.84. The topological polar surface area (TPSA) is 114 Å². The molecule has 8 heteroatoms. The van der Waals surface area contributed by atoms with Crippen molar-refractivity contribution in [3.05, 3.63) is 18.2 Å². The number of aromatic nitrogens is 3. The maximum atomic E-state index is 10.8. The Morgan fingerprint density at radius 2 is 2.14 bits per heavy atom. The number of nitrogens with two attached hydrogens (primary N) is 1. The fourth-order valence-electron chi connectivity index (χ4n) is 1.97. The van der Waals surface area contributed by atoms with Gasteiger partial charge in [-0.25, -0.2) is 4.68 Å². The molecule has 0 fully saturated rings. The van der Waals surface area contributed by atoms with Crippen LogP contribution in [0.5, 0.6) is 0 Å².